The van der Waals surface area contributed by atoms with E-state index in [9.17, 15) is 36.0 Å². The molecule has 1 fully saturated rings. The monoisotopic (exact) mass is 483 g/mol. The molecule has 0 aromatic heterocycles. The SMILES string of the molecule is N#CC1(NC(=O)C(CCS(=O)(=O)c2ccccc2)N[C@@H](c2ccc(F)cc2)C(F)(F)F)CC1. The Bertz CT molecular complexity index is 1130. The van der Waals surface area contributed by atoms with Gasteiger partial charge in [-0.1, -0.05) is 30.3 Å². The Hall–Kier alpha value is -2.97. The van der Waals surface area contributed by atoms with Gasteiger partial charge in [0.2, 0.25) is 5.91 Å². The minimum absolute atomic E-state index is 0.0225. The van der Waals surface area contributed by atoms with E-state index in [-0.39, 0.29) is 10.5 Å². The summed E-state index contributed by atoms with van der Waals surface area (Å²) in [6, 6.07) is 8.91. The van der Waals surface area contributed by atoms with Crippen molar-refractivity contribution in [2.45, 2.75) is 48.0 Å². The first-order valence-electron chi connectivity index (χ1n) is 10.1. The number of nitriles is 1. The molecule has 1 unspecified atom stereocenters. The van der Waals surface area contributed by atoms with Crippen LogP contribution < -0.4 is 10.6 Å². The van der Waals surface area contributed by atoms with Gasteiger partial charge in [-0.25, -0.2) is 12.8 Å². The summed E-state index contributed by atoms with van der Waals surface area (Å²) in [7, 11) is -3.88. The van der Waals surface area contributed by atoms with Crippen molar-refractivity contribution in [1.82, 2.24) is 10.6 Å². The highest BCUT2D eigenvalue weighted by molar-refractivity contribution is 7.91. The second kappa shape index (κ2) is 9.49. The summed E-state index contributed by atoms with van der Waals surface area (Å²) in [5, 5.41) is 13.8. The Morgan fingerprint density at radius 3 is 2.21 bits per heavy atom. The molecule has 2 aromatic carbocycles. The zero-order chi connectivity index (χ0) is 24.3. The third-order valence-corrected chi connectivity index (χ3v) is 7.08. The van der Waals surface area contributed by atoms with Crippen LogP contribution in [0.2, 0.25) is 0 Å². The van der Waals surface area contributed by atoms with Crippen LogP contribution >= 0.6 is 0 Å². The Morgan fingerprint density at radius 2 is 1.70 bits per heavy atom. The molecule has 1 saturated carbocycles. The highest BCUT2D eigenvalue weighted by atomic mass is 32.2. The summed E-state index contributed by atoms with van der Waals surface area (Å²) in [6.45, 7) is 0. The van der Waals surface area contributed by atoms with E-state index in [0.717, 1.165) is 24.3 Å². The Kier molecular flexibility index (Phi) is 7.09. The first-order chi connectivity index (χ1) is 15.5. The van der Waals surface area contributed by atoms with Crippen molar-refractivity contribution in [2.75, 3.05) is 5.75 Å². The quantitative estimate of drug-likeness (QED) is 0.533. The number of rotatable bonds is 9. The molecule has 2 aromatic rings. The summed E-state index contributed by atoms with van der Waals surface area (Å²) in [5.41, 5.74) is -1.49. The van der Waals surface area contributed by atoms with E-state index in [4.69, 9.17) is 0 Å². The number of amides is 1. The zero-order valence-corrected chi connectivity index (χ0v) is 18.1. The molecule has 176 valence electrons. The molecule has 2 N–H and O–H groups in total. The lowest BCUT2D eigenvalue weighted by atomic mass is 10.0. The second-order valence-corrected chi connectivity index (χ2v) is 9.96. The normalized spacial score (nSPS) is 16.9. The average molecular weight is 483 g/mol. The Balaban J connectivity index is 1.86. The minimum Gasteiger partial charge on any atom is -0.336 e. The van der Waals surface area contributed by atoms with Crippen LogP contribution in [0.1, 0.15) is 30.9 Å². The lowest BCUT2D eigenvalue weighted by molar-refractivity contribution is -0.161. The third-order valence-electron chi connectivity index (χ3n) is 5.32. The van der Waals surface area contributed by atoms with Crippen molar-refractivity contribution in [3.8, 4) is 6.07 Å². The van der Waals surface area contributed by atoms with Crippen molar-refractivity contribution in [1.29, 1.82) is 5.26 Å². The number of sulfone groups is 1. The summed E-state index contributed by atoms with van der Waals surface area (Å²) >= 11 is 0. The maximum absolute atomic E-state index is 13.8. The van der Waals surface area contributed by atoms with E-state index >= 15 is 0 Å². The largest absolute Gasteiger partial charge is 0.407 e. The number of halogens is 4. The van der Waals surface area contributed by atoms with Crippen LogP contribution in [0.5, 0.6) is 0 Å². The van der Waals surface area contributed by atoms with E-state index < -0.39 is 57.5 Å². The maximum Gasteiger partial charge on any atom is 0.407 e. The summed E-state index contributed by atoms with van der Waals surface area (Å²) < 4.78 is 80.0. The maximum atomic E-state index is 13.8. The molecule has 1 aliphatic carbocycles. The molecule has 0 radical (unpaired) electrons. The van der Waals surface area contributed by atoms with Gasteiger partial charge in [0, 0.05) is 0 Å². The number of hydrogen-bond donors (Lipinski definition) is 2. The van der Waals surface area contributed by atoms with Crippen LogP contribution in [0.4, 0.5) is 17.6 Å². The van der Waals surface area contributed by atoms with E-state index in [1.807, 2.05) is 6.07 Å². The van der Waals surface area contributed by atoms with Crippen LogP contribution in [-0.4, -0.2) is 37.8 Å². The van der Waals surface area contributed by atoms with E-state index in [2.05, 4.69) is 10.6 Å². The molecule has 0 spiro atoms. The lowest BCUT2D eigenvalue weighted by Crippen LogP contribution is -2.52. The number of nitrogens with zero attached hydrogens (tertiary/aromatic N) is 1. The first kappa shape index (κ1) is 24.7. The van der Waals surface area contributed by atoms with Gasteiger partial charge in [-0.15, -0.1) is 0 Å². The van der Waals surface area contributed by atoms with Gasteiger partial charge in [0.15, 0.2) is 9.84 Å². The average Bonchev–Trinajstić information content (AvgIpc) is 3.54. The highest BCUT2D eigenvalue weighted by Gasteiger charge is 2.47. The molecule has 33 heavy (non-hydrogen) atoms. The van der Waals surface area contributed by atoms with Gasteiger partial charge >= 0.3 is 6.18 Å². The molecular formula is C22H21F4N3O3S. The fraction of sp³-hybridized carbons (Fsp3) is 0.364. The number of nitrogens with one attached hydrogen (secondary N) is 2. The van der Waals surface area contributed by atoms with Crippen molar-refractivity contribution >= 4 is 15.7 Å². The molecule has 1 aliphatic rings. The standard InChI is InChI=1S/C22H21F4N3O3S/c23-16-8-6-15(7-9-16)19(22(24,25)26)28-18(20(30)29-21(14-27)11-12-21)10-13-33(31,32)17-4-2-1-3-5-17/h1-9,18-19,28H,10-13H2,(H,29,30)/t18?,19-/m0/s1. The number of carbonyl (C=O) groups is 1. The number of benzene rings is 2. The second-order valence-electron chi connectivity index (χ2n) is 7.85. The van der Waals surface area contributed by atoms with Gasteiger partial charge in [-0.3, -0.25) is 10.1 Å². The van der Waals surface area contributed by atoms with Gasteiger partial charge in [0.05, 0.1) is 22.8 Å². The summed E-state index contributed by atoms with van der Waals surface area (Å²) in [4.78, 5) is 12.8. The fourth-order valence-corrected chi connectivity index (χ4v) is 4.61. The third kappa shape index (κ3) is 6.30. The molecule has 2 atom stereocenters. The predicted octanol–water partition coefficient (Wildman–Crippen LogP) is 3.42. The molecule has 11 heteroatoms. The molecule has 0 aliphatic heterocycles. The molecule has 0 saturated heterocycles. The Labute approximate surface area is 188 Å². The van der Waals surface area contributed by atoms with Crippen LogP contribution in [0, 0.1) is 17.1 Å². The van der Waals surface area contributed by atoms with Crippen LogP contribution in [0.25, 0.3) is 0 Å². The topological polar surface area (TPSA) is 99.1 Å². The molecule has 0 heterocycles. The van der Waals surface area contributed by atoms with E-state index in [0.29, 0.717) is 12.8 Å². The predicted molar refractivity (Wildman–Crippen MR) is 111 cm³/mol. The van der Waals surface area contributed by atoms with Crippen LogP contribution in [0.3, 0.4) is 0 Å². The lowest BCUT2D eigenvalue weighted by Gasteiger charge is -2.28. The van der Waals surface area contributed by atoms with Gasteiger partial charge in [0.25, 0.3) is 0 Å². The van der Waals surface area contributed by atoms with Gasteiger partial charge < -0.3 is 5.32 Å². The highest BCUT2D eigenvalue weighted by Crippen LogP contribution is 2.36. The van der Waals surface area contributed by atoms with Gasteiger partial charge in [-0.2, -0.15) is 18.4 Å². The van der Waals surface area contributed by atoms with Crippen molar-refractivity contribution in [3.05, 3.63) is 66.0 Å². The smallest absolute Gasteiger partial charge is 0.336 e. The van der Waals surface area contributed by atoms with Gasteiger partial charge in [-0.05, 0) is 49.1 Å². The molecular weight excluding hydrogens is 462 g/mol. The summed E-state index contributed by atoms with van der Waals surface area (Å²) in [6.07, 6.45) is -4.63. The Morgan fingerprint density at radius 1 is 1.09 bits per heavy atom. The number of carbonyl (C=O) groups excluding carboxylic acids is 1. The molecule has 3 rings (SSSR count). The van der Waals surface area contributed by atoms with Crippen molar-refractivity contribution < 1.29 is 30.8 Å². The molecule has 0 bridgehead atoms. The van der Waals surface area contributed by atoms with Gasteiger partial charge in [0.1, 0.15) is 17.4 Å². The molecule has 1 amide bonds. The van der Waals surface area contributed by atoms with Crippen molar-refractivity contribution in [3.63, 3.8) is 0 Å². The van der Waals surface area contributed by atoms with E-state index in [1.54, 1.807) is 6.07 Å². The van der Waals surface area contributed by atoms with E-state index in [1.165, 1.54) is 24.3 Å². The first-order valence-corrected chi connectivity index (χ1v) is 11.7. The number of hydrogen-bond acceptors (Lipinski definition) is 5. The zero-order valence-electron chi connectivity index (χ0n) is 17.3. The van der Waals surface area contributed by atoms with Crippen LogP contribution in [0.15, 0.2) is 59.5 Å². The summed E-state index contributed by atoms with van der Waals surface area (Å²) in [5.74, 6) is -2.24. The van der Waals surface area contributed by atoms with Crippen molar-refractivity contribution in [2.24, 2.45) is 0 Å². The minimum atomic E-state index is -4.86. The fourth-order valence-electron chi connectivity index (χ4n) is 3.26. The molecule has 6 nitrogen and oxygen atoms in total. The van der Waals surface area contributed by atoms with Crippen LogP contribution in [-0.2, 0) is 14.6 Å². The number of alkyl halides is 3.